The number of para-hydroxylation sites is 1. The minimum atomic E-state index is -0.772. The third-order valence-electron chi connectivity index (χ3n) is 2.71. The molecule has 0 spiro atoms. The average Bonchev–Trinajstić information content (AvgIpc) is 2.72. The van der Waals surface area contributed by atoms with Crippen molar-refractivity contribution in [3.05, 3.63) is 52.3 Å². The molecule has 0 aliphatic carbocycles. The maximum Gasteiger partial charge on any atom is 0.151 e. The van der Waals surface area contributed by atoms with Gasteiger partial charge in [0.2, 0.25) is 0 Å². The third-order valence-corrected chi connectivity index (χ3v) is 3.16. The van der Waals surface area contributed by atoms with Crippen LogP contribution in [-0.2, 0) is 0 Å². The fourth-order valence-electron chi connectivity index (χ4n) is 1.88. The molecule has 1 heterocycles. The van der Waals surface area contributed by atoms with Crippen LogP contribution in [0.15, 0.2) is 34.8 Å². The first-order chi connectivity index (χ1) is 9.06. The van der Waals surface area contributed by atoms with Crippen molar-refractivity contribution in [3.63, 3.8) is 0 Å². The van der Waals surface area contributed by atoms with E-state index in [1.807, 2.05) is 0 Å². The minimum absolute atomic E-state index is 0.0393. The fraction of sp³-hybridized carbons (Fsp3) is 0. The summed E-state index contributed by atoms with van der Waals surface area (Å²) in [7, 11) is 0. The van der Waals surface area contributed by atoms with Crippen molar-refractivity contribution in [2.24, 2.45) is 0 Å². The highest BCUT2D eigenvalue weighted by Crippen LogP contribution is 2.29. The molecule has 0 radical (unpaired) electrons. The molecule has 2 nitrogen and oxygen atoms in total. The molecule has 19 heavy (non-hydrogen) atoms. The maximum atomic E-state index is 13.8. The van der Waals surface area contributed by atoms with Gasteiger partial charge in [0.05, 0.1) is 11.1 Å². The number of nitrogens with zero attached hydrogens (tertiary/aromatic N) is 1. The molecule has 0 unspecified atom stereocenters. The van der Waals surface area contributed by atoms with Gasteiger partial charge in [-0.1, -0.05) is 22.0 Å². The fourth-order valence-corrected chi connectivity index (χ4v) is 2.29. The Kier molecular flexibility index (Phi) is 2.82. The van der Waals surface area contributed by atoms with Crippen molar-refractivity contribution in [1.29, 1.82) is 0 Å². The molecule has 3 rings (SSSR count). The number of imidazole rings is 1. The van der Waals surface area contributed by atoms with Gasteiger partial charge in [0.1, 0.15) is 23.0 Å². The summed E-state index contributed by atoms with van der Waals surface area (Å²) >= 11 is 3.00. The van der Waals surface area contributed by atoms with Crippen molar-refractivity contribution < 1.29 is 13.2 Å². The topological polar surface area (TPSA) is 28.7 Å². The number of fused-ring (bicyclic) bond motifs is 1. The van der Waals surface area contributed by atoms with Crippen LogP contribution < -0.4 is 0 Å². The Morgan fingerprint density at radius 1 is 1.00 bits per heavy atom. The lowest BCUT2D eigenvalue weighted by Gasteiger charge is -2.02. The van der Waals surface area contributed by atoms with Crippen molar-refractivity contribution in [2.75, 3.05) is 0 Å². The van der Waals surface area contributed by atoms with Crippen LogP contribution >= 0.6 is 15.9 Å². The monoisotopic (exact) mass is 326 g/mol. The SMILES string of the molecule is Fc1cc(Br)cc(F)c1-c1nc2c(F)cccc2[nH]1. The van der Waals surface area contributed by atoms with Gasteiger partial charge in [-0.3, -0.25) is 0 Å². The normalized spacial score (nSPS) is 11.2. The zero-order valence-electron chi connectivity index (χ0n) is 9.35. The Labute approximate surface area is 114 Å². The zero-order valence-corrected chi connectivity index (χ0v) is 10.9. The van der Waals surface area contributed by atoms with Crippen molar-refractivity contribution in [2.45, 2.75) is 0 Å². The Morgan fingerprint density at radius 3 is 2.32 bits per heavy atom. The van der Waals surface area contributed by atoms with Crippen molar-refractivity contribution in [3.8, 4) is 11.4 Å². The van der Waals surface area contributed by atoms with E-state index in [1.165, 1.54) is 12.1 Å². The van der Waals surface area contributed by atoms with Crippen molar-refractivity contribution >= 4 is 27.0 Å². The molecule has 0 amide bonds. The highest BCUT2D eigenvalue weighted by Gasteiger charge is 2.17. The van der Waals surface area contributed by atoms with E-state index in [0.29, 0.717) is 5.52 Å². The second kappa shape index (κ2) is 4.38. The van der Waals surface area contributed by atoms with Crippen LogP contribution in [-0.4, -0.2) is 9.97 Å². The molecule has 0 saturated carbocycles. The molecule has 0 saturated heterocycles. The van der Waals surface area contributed by atoms with Gasteiger partial charge in [-0.25, -0.2) is 18.2 Å². The molecular formula is C13H6BrF3N2. The summed E-state index contributed by atoms with van der Waals surface area (Å²) in [5.74, 6) is -2.13. The third kappa shape index (κ3) is 2.02. The largest absolute Gasteiger partial charge is 0.338 e. The molecular weight excluding hydrogens is 321 g/mol. The minimum Gasteiger partial charge on any atom is -0.338 e. The Balaban J connectivity index is 2.28. The van der Waals surface area contributed by atoms with Crippen LogP contribution in [0.1, 0.15) is 0 Å². The standard InChI is InChI=1S/C13H6BrF3N2/c14-6-4-8(16)11(9(17)5-6)13-18-10-3-1-2-7(15)12(10)19-13/h1-5H,(H,18,19). The molecule has 0 fully saturated rings. The molecule has 0 aliphatic rings. The Hall–Kier alpha value is -1.82. The molecule has 1 N–H and O–H groups in total. The first kappa shape index (κ1) is 12.2. The summed E-state index contributed by atoms with van der Waals surface area (Å²) in [4.78, 5) is 6.62. The number of aromatic nitrogens is 2. The molecule has 2 aromatic carbocycles. The van der Waals surface area contributed by atoms with Crippen LogP contribution in [0.25, 0.3) is 22.4 Å². The van der Waals surface area contributed by atoms with Crippen LogP contribution in [0.5, 0.6) is 0 Å². The number of halogens is 4. The van der Waals surface area contributed by atoms with E-state index in [-0.39, 0.29) is 21.4 Å². The lowest BCUT2D eigenvalue weighted by molar-refractivity contribution is 0.586. The number of hydrogen-bond donors (Lipinski definition) is 1. The highest BCUT2D eigenvalue weighted by molar-refractivity contribution is 9.10. The van der Waals surface area contributed by atoms with Gasteiger partial charge >= 0.3 is 0 Å². The lowest BCUT2D eigenvalue weighted by Crippen LogP contribution is -1.92. The van der Waals surface area contributed by atoms with Gasteiger partial charge in [-0.2, -0.15) is 0 Å². The van der Waals surface area contributed by atoms with Gasteiger partial charge in [-0.05, 0) is 24.3 Å². The van der Waals surface area contributed by atoms with Crippen molar-refractivity contribution in [1.82, 2.24) is 9.97 Å². The predicted molar refractivity (Wildman–Crippen MR) is 69.1 cm³/mol. The number of rotatable bonds is 1. The first-order valence-corrected chi connectivity index (χ1v) is 6.14. The second-order valence-electron chi connectivity index (χ2n) is 3.97. The van der Waals surface area contributed by atoms with Gasteiger partial charge in [0, 0.05) is 4.47 Å². The lowest BCUT2D eigenvalue weighted by atomic mass is 10.2. The van der Waals surface area contributed by atoms with Crippen LogP contribution in [0.3, 0.4) is 0 Å². The van der Waals surface area contributed by atoms with Gasteiger partial charge in [0.25, 0.3) is 0 Å². The van der Waals surface area contributed by atoms with Crippen LogP contribution in [0.2, 0.25) is 0 Å². The molecule has 96 valence electrons. The average molecular weight is 327 g/mol. The highest BCUT2D eigenvalue weighted by atomic mass is 79.9. The van der Waals surface area contributed by atoms with Crippen LogP contribution in [0.4, 0.5) is 13.2 Å². The van der Waals surface area contributed by atoms with E-state index in [2.05, 4.69) is 25.9 Å². The van der Waals surface area contributed by atoms with Crippen LogP contribution in [0, 0.1) is 17.5 Å². The molecule has 0 bridgehead atoms. The zero-order chi connectivity index (χ0) is 13.6. The summed E-state index contributed by atoms with van der Waals surface area (Å²) in [6, 6.07) is 6.57. The maximum absolute atomic E-state index is 13.8. The second-order valence-corrected chi connectivity index (χ2v) is 4.88. The molecule has 0 atom stereocenters. The molecule has 0 aliphatic heterocycles. The molecule has 3 aromatic rings. The van der Waals surface area contributed by atoms with Gasteiger partial charge in [-0.15, -0.1) is 0 Å². The molecule has 6 heteroatoms. The predicted octanol–water partition coefficient (Wildman–Crippen LogP) is 4.41. The van der Waals surface area contributed by atoms with E-state index in [0.717, 1.165) is 12.1 Å². The Morgan fingerprint density at radius 2 is 1.68 bits per heavy atom. The quantitative estimate of drug-likeness (QED) is 0.705. The smallest absolute Gasteiger partial charge is 0.151 e. The van der Waals surface area contributed by atoms with Gasteiger partial charge in [0.15, 0.2) is 5.82 Å². The Bertz CT molecular complexity index is 760. The van der Waals surface area contributed by atoms with E-state index in [1.54, 1.807) is 6.07 Å². The van der Waals surface area contributed by atoms with E-state index in [9.17, 15) is 13.2 Å². The number of benzene rings is 2. The number of H-pyrrole nitrogens is 1. The van der Waals surface area contributed by atoms with E-state index >= 15 is 0 Å². The number of hydrogen-bond acceptors (Lipinski definition) is 1. The molecule has 1 aromatic heterocycles. The summed E-state index contributed by atoms with van der Waals surface area (Å²) < 4.78 is 41.4. The summed E-state index contributed by atoms with van der Waals surface area (Å²) in [5.41, 5.74) is 0.134. The summed E-state index contributed by atoms with van der Waals surface area (Å²) in [6.45, 7) is 0. The van der Waals surface area contributed by atoms with E-state index in [4.69, 9.17) is 0 Å². The summed E-state index contributed by atoms with van der Waals surface area (Å²) in [5, 5.41) is 0. The summed E-state index contributed by atoms with van der Waals surface area (Å²) in [6.07, 6.45) is 0. The number of aromatic amines is 1. The van der Waals surface area contributed by atoms with E-state index < -0.39 is 17.5 Å². The van der Waals surface area contributed by atoms with Gasteiger partial charge < -0.3 is 4.98 Å². The number of nitrogens with one attached hydrogen (secondary N) is 1. The first-order valence-electron chi connectivity index (χ1n) is 5.35.